The molecule has 2 aromatic carbocycles. The van der Waals surface area contributed by atoms with Crippen molar-refractivity contribution >= 4 is 56.5 Å². The first-order valence-corrected chi connectivity index (χ1v) is 12.3. The van der Waals surface area contributed by atoms with Crippen LogP contribution in [0.4, 0.5) is 0 Å². The molecule has 30 heavy (non-hydrogen) atoms. The average Bonchev–Trinajstić information content (AvgIpc) is 3.31. The molecule has 152 valence electrons. The molecule has 0 N–H and O–H groups in total. The monoisotopic (exact) mass is 472 g/mol. The van der Waals surface area contributed by atoms with E-state index in [4.69, 9.17) is 37.9 Å². The highest BCUT2D eigenvalue weighted by Gasteiger charge is 2.23. The van der Waals surface area contributed by atoms with Crippen LogP contribution in [0.1, 0.15) is 28.2 Å². The number of benzene rings is 2. The van der Waals surface area contributed by atoms with Crippen LogP contribution in [-0.4, -0.2) is 9.97 Å². The van der Waals surface area contributed by atoms with Crippen molar-refractivity contribution in [1.82, 2.24) is 9.97 Å². The van der Waals surface area contributed by atoms with E-state index in [1.165, 1.54) is 16.9 Å². The third-order valence-electron chi connectivity index (χ3n) is 5.10. The zero-order chi connectivity index (χ0) is 20.7. The summed E-state index contributed by atoms with van der Waals surface area (Å²) < 4.78 is 6.29. The first kappa shape index (κ1) is 20.1. The average molecular weight is 473 g/mol. The quantitative estimate of drug-likeness (QED) is 0.276. The van der Waals surface area contributed by atoms with E-state index in [0.717, 1.165) is 55.1 Å². The number of hydrogen-bond acceptors (Lipinski definition) is 5. The van der Waals surface area contributed by atoms with Gasteiger partial charge in [-0.25, -0.2) is 4.98 Å². The summed E-state index contributed by atoms with van der Waals surface area (Å²) in [4.78, 5) is 13.3. The van der Waals surface area contributed by atoms with Crippen molar-refractivity contribution in [3.63, 3.8) is 0 Å². The van der Waals surface area contributed by atoms with Gasteiger partial charge in [-0.05, 0) is 79.8 Å². The second-order valence-corrected chi connectivity index (χ2v) is 10.2. The van der Waals surface area contributed by atoms with Crippen LogP contribution in [0.2, 0.25) is 10.0 Å². The molecule has 4 aromatic rings. The standard InChI is InChI=1S/C23H18Cl2N2OS2/c1-13-11-15(7-10-18(13)25)28-22-21-17-3-2-4-19(17)30-23(21)27-20(26-22)12-29-16-8-5-14(24)6-9-16/h5-11H,2-4,12H2,1H3. The van der Waals surface area contributed by atoms with Crippen molar-refractivity contribution in [1.29, 1.82) is 0 Å². The number of thioether (sulfide) groups is 1. The fraction of sp³-hybridized carbons (Fsp3) is 0.217. The van der Waals surface area contributed by atoms with E-state index in [-0.39, 0.29) is 0 Å². The fourth-order valence-corrected chi connectivity index (χ4v) is 5.88. The molecule has 0 bridgehead atoms. The van der Waals surface area contributed by atoms with Gasteiger partial charge in [0.05, 0.1) is 11.1 Å². The number of nitrogens with zero attached hydrogens (tertiary/aromatic N) is 2. The number of rotatable bonds is 5. The highest BCUT2D eigenvalue weighted by Crippen LogP contribution is 2.42. The van der Waals surface area contributed by atoms with E-state index < -0.39 is 0 Å². The molecule has 1 aliphatic rings. The maximum atomic E-state index is 6.29. The lowest BCUT2D eigenvalue weighted by Crippen LogP contribution is -1.98. The van der Waals surface area contributed by atoms with Crippen molar-refractivity contribution in [3.05, 3.63) is 74.3 Å². The summed E-state index contributed by atoms with van der Waals surface area (Å²) in [5, 5.41) is 2.53. The third-order valence-corrected chi connectivity index (χ3v) is 7.97. The number of ether oxygens (including phenoxy) is 1. The Morgan fingerprint density at radius 2 is 1.90 bits per heavy atom. The summed E-state index contributed by atoms with van der Waals surface area (Å²) in [6.07, 6.45) is 3.36. The molecule has 0 saturated carbocycles. The normalized spacial score (nSPS) is 13.0. The summed E-state index contributed by atoms with van der Waals surface area (Å²) in [6, 6.07) is 13.5. The van der Waals surface area contributed by atoms with E-state index in [9.17, 15) is 0 Å². The van der Waals surface area contributed by atoms with Crippen LogP contribution in [0.3, 0.4) is 0 Å². The van der Waals surface area contributed by atoms with E-state index in [1.807, 2.05) is 49.4 Å². The molecule has 0 unspecified atom stereocenters. The van der Waals surface area contributed by atoms with Gasteiger partial charge in [-0.3, -0.25) is 0 Å². The molecule has 0 saturated heterocycles. The SMILES string of the molecule is Cc1cc(Oc2nc(CSc3ccc(Cl)cc3)nc3sc4c(c23)CCC4)ccc1Cl. The van der Waals surface area contributed by atoms with Gasteiger partial charge in [-0.15, -0.1) is 23.1 Å². The summed E-state index contributed by atoms with van der Waals surface area (Å²) in [7, 11) is 0. The Kier molecular flexibility index (Phi) is 5.63. The number of halogens is 2. The number of fused-ring (bicyclic) bond motifs is 3. The molecule has 0 radical (unpaired) electrons. The summed E-state index contributed by atoms with van der Waals surface area (Å²) in [5.74, 6) is 2.82. The Balaban J connectivity index is 1.51. The first-order chi connectivity index (χ1) is 14.6. The lowest BCUT2D eigenvalue weighted by molar-refractivity contribution is 0.466. The van der Waals surface area contributed by atoms with Gasteiger partial charge in [0.2, 0.25) is 5.88 Å². The van der Waals surface area contributed by atoms with E-state index in [0.29, 0.717) is 11.6 Å². The van der Waals surface area contributed by atoms with E-state index in [1.54, 1.807) is 23.1 Å². The van der Waals surface area contributed by atoms with Crippen LogP contribution < -0.4 is 4.74 Å². The van der Waals surface area contributed by atoms with Crippen molar-refractivity contribution < 1.29 is 4.74 Å². The number of aryl methyl sites for hydroxylation is 3. The lowest BCUT2D eigenvalue weighted by Gasteiger charge is -2.10. The van der Waals surface area contributed by atoms with Crippen LogP contribution in [-0.2, 0) is 18.6 Å². The molecular formula is C23H18Cl2N2OS2. The van der Waals surface area contributed by atoms with Crippen LogP contribution in [0.5, 0.6) is 11.6 Å². The van der Waals surface area contributed by atoms with E-state index >= 15 is 0 Å². The second kappa shape index (κ2) is 8.39. The molecule has 5 rings (SSSR count). The Morgan fingerprint density at radius 1 is 1.07 bits per heavy atom. The van der Waals surface area contributed by atoms with Crippen LogP contribution >= 0.6 is 46.3 Å². The minimum atomic E-state index is 0.646. The molecule has 1 aliphatic carbocycles. The van der Waals surface area contributed by atoms with Gasteiger partial charge in [0, 0.05) is 19.8 Å². The van der Waals surface area contributed by atoms with Crippen LogP contribution in [0, 0.1) is 6.92 Å². The van der Waals surface area contributed by atoms with Gasteiger partial charge in [0.1, 0.15) is 16.4 Å². The molecule has 2 heterocycles. The molecule has 0 fully saturated rings. The van der Waals surface area contributed by atoms with Crippen LogP contribution in [0.25, 0.3) is 10.2 Å². The van der Waals surface area contributed by atoms with Crippen molar-refractivity contribution in [2.75, 3.05) is 0 Å². The predicted molar refractivity (Wildman–Crippen MR) is 127 cm³/mol. The van der Waals surface area contributed by atoms with Crippen molar-refractivity contribution in [3.8, 4) is 11.6 Å². The maximum Gasteiger partial charge on any atom is 0.231 e. The Hall–Kier alpha value is -1.79. The molecule has 0 amide bonds. The summed E-state index contributed by atoms with van der Waals surface area (Å²) in [6.45, 7) is 1.97. The Morgan fingerprint density at radius 3 is 2.70 bits per heavy atom. The van der Waals surface area contributed by atoms with Gasteiger partial charge in [-0.1, -0.05) is 23.2 Å². The van der Waals surface area contributed by atoms with Gasteiger partial charge in [0.15, 0.2) is 0 Å². The van der Waals surface area contributed by atoms with Gasteiger partial charge < -0.3 is 4.74 Å². The molecule has 0 atom stereocenters. The Labute approximate surface area is 193 Å². The number of thiophene rings is 1. The van der Waals surface area contributed by atoms with Crippen LogP contribution in [0.15, 0.2) is 47.4 Å². The predicted octanol–water partition coefficient (Wildman–Crippen LogP) is 7.88. The molecule has 3 nitrogen and oxygen atoms in total. The minimum absolute atomic E-state index is 0.646. The smallest absolute Gasteiger partial charge is 0.231 e. The molecule has 0 aliphatic heterocycles. The third kappa shape index (κ3) is 4.04. The molecule has 2 aromatic heterocycles. The highest BCUT2D eigenvalue weighted by molar-refractivity contribution is 7.98. The molecule has 0 spiro atoms. The fourth-order valence-electron chi connectivity index (χ4n) is 3.61. The van der Waals surface area contributed by atoms with Crippen molar-refractivity contribution in [2.45, 2.75) is 36.8 Å². The zero-order valence-corrected chi connectivity index (χ0v) is 19.4. The maximum absolute atomic E-state index is 6.29. The zero-order valence-electron chi connectivity index (χ0n) is 16.2. The largest absolute Gasteiger partial charge is 0.438 e. The van der Waals surface area contributed by atoms with Gasteiger partial charge in [-0.2, -0.15) is 4.98 Å². The highest BCUT2D eigenvalue weighted by atomic mass is 35.5. The second-order valence-electron chi connectivity index (χ2n) is 7.24. The lowest BCUT2D eigenvalue weighted by atomic mass is 10.2. The number of aromatic nitrogens is 2. The van der Waals surface area contributed by atoms with Crippen molar-refractivity contribution in [2.24, 2.45) is 0 Å². The molecular weight excluding hydrogens is 455 g/mol. The topological polar surface area (TPSA) is 35.0 Å². The van der Waals surface area contributed by atoms with Gasteiger partial charge >= 0.3 is 0 Å². The van der Waals surface area contributed by atoms with Gasteiger partial charge in [0.25, 0.3) is 0 Å². The minimum Gasteiger partial charge on any atom is -0.438 e. The van der Waals surface area contributed by atoms with E-state index in [2.05, 4.69) is 0 Å². The first-order valence-electron chi connectivity index (χ1n) is 9.70. The molecule has 7 heteroatoms. The summed E-state index contributed by atoms with van der Waals surface area (Å²) >= 11 is 15.6. The number of hydrogen-bond donors (Lipinski definition) is 0. The summed E-state index contributed by atoms with van der Waals surface area (Å²) in [5.41, 5.74) is 2.33. The Bertz CT molecular complexity index is 1240.